The average Bonchev–Trinajstić information content (AvgIpc) is 3.82. The zero-order valence-corrected chi connectivity index (χ0v) is 40.6. The van der Waals surface area contributed by atoms with Crippen molar-refractivity contribution in [2.75, 3.05) is 26.4 Å². The molecule has 0 aliphatic carbocycles. The van der Waals surface area contributed by atoms with Gasteiger partial charge in [0.15, 0.2) is 0 Å². The molecular weight excluding hydrogens is 896 g/mol. The molecule has 0 aliphatic heterocycles. The Kier molecular flexibility index (Phi) is 18.5. The number of halogens is 2. The number of aryl methyl sites for hydroxylation is 3. The number of ether oxygens (including phenoxy) is 4. The van der Waals surface area contributed by atoms with Gasteiger partial charge in [0.05, 0.1) is 48.9 Å². The summed E-state index contributed by atoms with van der Waals surface area (Å²) in [6, 6.07) is 33.8. The third-order valence-electron chi connectivity index (χ3n) is 9.32. The number of rotatable bonds is 14. The minimum Gasteiger partial charge on any atom is -0.493 e. The fourth-order valence-electron chi connectivity index (χ4n) is 6.52. The first-order valence-corrected chi connectivity index (χ1v) is 22.6. The van der Waals surface area contributed by atoms with Gasteiger partial charge in [-0.25, -0.2) is 9.59 Å². The van der Waals surface area contributed by atoms with E-state index < -0.39 is 0 Å². The maximum absolute atomic E-state index is 12.4. The molecule has 0 aliphatic rings. The van der Waals surface area contributed by atoms with Crippen LogP contribution in [0.25, 0.3) is 33.9 Å². The summed E-state index contributed by atoms with van der Waals surface area (Å²) >= 11 is 7.18. The standard InChI is InChI=1S/C25H28BrNO3.C24H26BrNO3.C2H6/c1-6-29-25(28)21-14-20(10-7-17(21)4)27-18(5)8-11-23(27)22-13-19(26)9-12-24(22)30-15-16(2)3;1-5-28-24(27)18-7-6-8-20(13-18)26-17(4)9-11-22(26)21-14-19(25)10-12-23(21)29-15-16(2)3;1-2/h7-14,16H,6,15H2,1-5H3;6-14,16H,5,15H2,1-4H3;1-2H3. The lowest BCUT2D eigenvalue weighted by Gasteiger charge is -2.18. The lowest BCUT2D eigenvalue weighted by molar-refractivity contribution is 0.0516. The highest BCUT2D eigenvalue weighted by atomic mass is 79.9. The van der Waals surface area contributed by atoms with Gasteiger partial charge in [-0.3, -0.25) is 0 Å². The van der Waals surface area contributed by atoms with Crippen molar-refractivity contribution in [3.05, 3.63) is 140 Å². The first kappa shape index (κ1) is 48.6. The lowest BCUT2D eigenvalue weighted by atomic mass is 10.1. The van der Waals surface area contributed by atoms with E-state index in [9.17, 15) is 9.59 Å². The van der Waals surface area contributed by atoms with Gasteiger partial charge in [-0.1, -0.05) is 85.5 Å². The Labute approximate surface area is 379 Å². The Morgan fingerprint density at radius 2 is 1.05 bits per heavy atom. The molecule has 0 N–H and O–H groups in total. The van der Waals surface area contributed by atoms with Crippen LogP contribution in [-0.4, -0.2) is 47.5 Å². The molecular formula is C51H60Br2N2O6. The molecule has 0 bridgehead atoms. The van der Waals surface area contributed by atoms with Crippen molar-refractivity contribution in [1.29, 1.82) is 0 Å². The van der Waals surface area contributed by atoms with Crippen LogP contribution in [0.4, 0.5) is 0 Å². The topological polar surface area (TPSA) is 80.9 Å². The van der Waals surface area contributed by atoms with Crippen molar-refractivity contribution >= 4 is 43.8 Å². The third kappa shape index (κ3) is 12.7. The van der Waals surface area contributed by atoms with Gasteiger partial charge in [0.1, 0.15) is 11.5 Å². The van der Waals surface area contributed by atoms with E-state index in [1.54, 1.807) is 6.07 Å². The molecule has 0 spiro atoms. The van der Waals surface area contributed by atoms with Gasteiger partial charge < -0.3 is 28.1 Å². The quantitative estimate of drug-likeness (QED) is 0.101. The van der Waals surface area contributed by atoms with Crippen LogP contribution in [0.15, 0.2) is 112 Å². The van der Waals surface area contributed by atoms with Crippen LogP contribution in [0.5, 0.6) is 11.5 Å². The molecule has 6 aromatic rings. The minimum absolute atomic E-state index is 0.299. The van der Waals surface area contributed by atoms with Gasteiger partial charge in [-0.05, 0) is 143 Å². The summed E-state index contributed by atoms with van der Waals surface area (Å²) in [5, 5.41) is 0. The smallest absolute Gasteiger partial charge is 0.338 e. The summed E-state index contributed by atoms with van der Waals surface area (Å²) in [6.07, 6.45) is 0. The second-order valence-corrected chi connectivity index (χ2v) is 16.9. The number of aromatic nitrogens is 2. The van der Waals surface area contributed by atoms with Crippen molar-refractivity contribution in [3.63, 3.8) is 0 Å². The van der Waals surface area contributed by atoms with Gasteiger partial charge >= 0.3 is 11.9 Å². The molecule has 8 nitrogen and oxygen atoms in total. The predicted molar refractivity (Wildman–Crippen MR) is 256 cm³/mol. The normalized spacial score (nSPS) is 10.7. The molecule has 0 saturated carbocycles. The Bertz CT molecular complexity index is 2390. The Morgan fingerprint density at radius 3 is 1.52 bits per heavy atom. The summed E-state index contributed by atoms with van der Waals surface area (Å²) in [7, 11) is 0. The molecule has 10 heteroatoms. The summed E-state index contributed by atoms with van der Waals surface area (Å²) in [5.74, 6) is 1.92. The molecule has 61 heavy (non-hydrogen) atoms. The number of hydrogen-bond acceptors (Lipinski definition) is 6. The number of nitrogens with zero attached hydrogens (tertiary/aromatic N) is 2. The average molecular weight is 957 g/mol. The zero-order chi connectivity index (χ0) is 44.8. The number of hydrogen-bond donors (Lipinski definition) is 0. The molecule has 0 atom stereocenters. The number of benzene rings is 4. The number of esters is 2. The minimum atomic E-state index is -0.316. The van der Waals surface area contributed by atoms with Gasteiger partial charge in [-0.15, -0.1) is 0 Å². The fraction of sp³-hybridized carbons (Fsp3) is 0.333. The van der Waals surface area contributed by atoms with Crippen molar-refractivity contribution in [2.24, 2.45) is 11.8 Å². The van der Waals surface area contributed by atoms with Crippen molar-refractivity contribution in [2.45, 2.75) is 76.2 Å². The van der Waals surface area contributed by atoms with Crippen molar-refractivity contribution in [1.82, 2.24) is 9.13 Å². The van der Waals surface area contributed by atoms with Crippen LogP contribution < -0.4 is 9.47 Å². The van der Waals surface area contributed by atoms with E-state index in [4.69, 9.17) is 18.9 Å². The number of carbonyl (C=O) groups excluding carboxylic acids is 2. The second kappa shape index (κ2) is 23.2. The molecule has 2 heterocycles. The summed E-state index contributed by atoms with van der Waals surface area (Å²) < 4.78 is 28.8. The fourth-order valence-corrected chi connectivity index (χ4v) is 7.24. The molecule has 0 unspecified atom stereocenters. The van der Waals surface area contributed by atoms with Gasteiger partial charge in [-0.2, -0.15) is 0 Å². The molecule has 0 saturated heterocycles. The first-order chi connectivity index (χ1) is 29.2. The van der Waals surface area contributed by atoms with Crippen LogP contribution in [-0.2, 0) is 9.47 Å². The largest absolute Gasteiger partial charge is 0.493 e. The Balaban J connectivity index is 0.000000258. The SMILES string of the molecule is CC.CCOC(=O)c1cc(-n2c(C)ccc2-c2cc(Br)ccc2OCC(C)C)ccc1C.CCOC(=O)c1cccc(-n2c(C)ccc2-c2cc(Br)ccc2OCC(C)C)c1. The molecule has 6 rings (SSSR count). The van der Waals surface area contributed by atoms with Crippen LogP contribution in [0, 0.1) is 32.6 Å². The Morgan fingerprint density at radius 1 is 0.574 bits per heavy atom. The van der Waals surface area contributed by atoms with E-state index in [1.807, 2.05) is 102 Å². The third-order valence-corrected chi connectivity index (χ3v) is 10.3. The van der Waals surface area contributed by atoms with Crippen molar-refractivity contribution < 1.29 is 28.5 Å². The van der Waals surface area contributed by atoms with E-state index >= 15 is 0 Å². The second-order valence-electron chi connectivity index (χ2n) is 15.1. The van der Waals surface area contributed by atoms with E-state index in [-0.39, 0.29) is 11.9 Å². The van der Waals surface area contributed by atoms with Crippen LogP contribution >= 0.6 is 31.9 Å². The lowest BCUT2D eigenvalue weighted by Crippen LogP contribution is -2.09. The first-order valence-electron chi connectivity index (χ1n) is 21.0. The highest BCUT2D eigenvalue weighted by Gasteiger charge is 2.19. The van der Waals surface area contributed by atoms with Crippen LogP contribution in [0.2, 0.25) is 0 Å². The van der Waals surface area contributed by atoms with Crippen LogP contribution in [0.3, 0.4) is 0 Å². The maximum Gasteiger partial charge on any atom is 0.338 e. The molecule has 0 radical (unpaired) electrons. The molecule has 0 amide bonds. The molecule has 324 valence electrons. The maximum atomic E-state index is 12.4. The van der Waals surface area contributed by atoms with E-state index in [2.05, 4.69) is 112 Å². The summed E-state index contributed by atoms with van der Waals surface area (Å²) in [4.78, 5) is 24.6. The van der Waals surface area contributed by atoms with Crippen LogP contribution in [0.1, 0.15) is 93.1 Å². The highest BCUT2D eigenvalue weighted by Crippen LogP contribution is 2.38. The highest BCUT2D eigenvalue weighted by molar-refractivity contribution is 9.10. The Hall–Kier alpha value is -5.06. The molecule has 2 aromatic heterocycles. The summed E-state index contributed by atoms with van der Waals surface area (Å²) in [6.45, 7) is 24.2. The van der Waals surface area contributed by atoms with Gasteiger partial charge in [0.25, 0.3) is 0 Å². The monoisotopic (exact) mass is 954 g/mol. The van der Waals surface area contributed by atoms with E-state index in [0.717, 1.165) is 71.3 Å². The van der Waals surface area contributed by atoms with Gasteiger partial charge in [0, 0.05) is 42.8 Å². The molecule has 4 aromatic carbocycles. The van der Waals surface area contributed by atoms with E-state index in [0.29, 0.717) is 49.4 Å². The number of carbonyl (C=O) groups is 2. The van der Waals surface area contributed by atoms with E-state index in [1.165, 1.54) is 0 Å². The zero-order valence-electron chi connectivity index (χ0n) is 37.4. The van der Waals surface area contributed by atoms with Gasteiger partial charge in [0.2, 0.25) is 0 Å². The summed E-state index contributed by atoms with van der Waals surface area (Å²) in [5.41, 5.74) is 9.97. The predicted octanol–water partition coefficient (Wildman–Crippen LogP) is 14.2. The van der Waals surface area contributed by atoms with Crippen molar-refractivity contribution in [3.8, 4) is 45.4 Å². The molecule has 0 fully saturated rings.